The van der Waals surface area contributed by atoms with E-state index in [1.165, 1.54) is 12.8 Å². The fourth-order valence-electron chi connectivity index (χ4n) is 3.26. The highest BCUT2D eigenvalue weighted by atomic mass is 32.1. The average molecular weight is 376 g/mol. The van der Waals surface area contributed by atoms with Gasteiger partial charge in [-0.05, 0) is 42.5 Å². The van der Waals surface area contributed by atoms with Crippen LogP contribution in [0.25, 0.3) is 11.4 Å². The zero-order valence-corrected chi connectivity index (χ0v) is 15.9. The fraction of sp³-hybridized carbons (Fsp3) is 0.286. The molecule has 0 spiro atoms. The van der Waals surface area contributed by atoms with Gasteiger partial charge in [0.25, 0.3) is 0 Å². The highest BCUT2D eigenvalue weighted by Gasteiger charge is 2.29. The summed E-state index contributed by atoms with van der Waals surface area (Å²) < 4.78 is 7.66. The van der Waals surface area contributed by atoms with Gasteiger partial charge < -0.3 is 9.30 Å². The number of rotatable bonds is 6. The normalized spacial score (nSPS) is 14.6. The number of thiol groups is 1. The molecule has 0 bridgehead atoms. The van der Waals surface area contributed by atoms with E-state index in [1.807, 2.05) is 42.5 Å². The Labute approximate surface area is 164 Å². The Kier molecular flexibility index (Phi) is 4.87. The maximum absolute atomic E-state index is 9.45. The van der Waals surface area contributed by atoms with Crippen LogP contribution in [-0.2, 0) is 6.54 Å². The van der Waals surface area contributed by atoms with Crippen LogP contribution in [0, 0.1) is 17.2 Å². The average Bonchev–Trinajstić information content (AvgIpc) is 3.45. The number of hydrogen-bond acceptors (Lipinski definition) is 5. The van der Waals surface area contributed by atoms with Gasteiger partial charge in [-0.1, -0.05) is 30.3 Å². The van der Waals surface area contributed by atoms with Crippen LogP contribution < -0.4 is 4.74 Å². The quantitative estimate of drug-likeness (QED) is 0.653. The van der Waals surface area contributed by atoms with Crippen molar-refractivity contribution < 1.29 is 4.74 Å². The maximum Gasteiger partial charge on any atom is 0.167 e. The van der Waals surface area contributed by atoms with E-state index in [0.717, 1.165) is 35.1 Å². The second-order valence-electron chi connectivity index (χ2n) is 6.74. The Morgan fingerprint density at radius 1 is 1.19 bits per heavy atom. The van der Waals surface area contributed by atoms with Crippen molar-refractivity contribution in [1.82, 2.24) is 14.8 Å². The molecule has 1 atom stereocenters. The lowest BCUT2D eigenvalue weighted by molar-refractivity contribution is 0.415. The molecule has 1 heterocycles. The van der Waals surface area contributed by atoms with Crippen LogP contribution in [0.2, 0.25) is 0 Å². The van der Waals surface area contributed by atoms with E-state index in [2.05, 4.69) is 20.8 Å². The minimum atomic E-state index is -0.324. The van der Waals surface area contributed by atoms with Crippen molar-refractivity contribution >= 4 is 12.6 Å². The lowest BCUT2D eigenvalue weighted by Gasteiger charge is -2.16. The Bertz CT molecular complexity index is 1000. The summed E-state index contributed by atoms with van der Waals surface area (Å²) in [5, 5.41) is 18.1. The van der Waals surface area contributed by atoms with Crippen molar-refractivity contribution in [2.75, 3.05) is 7.11 Å². The van der Waals surface area contributed by atoms with Gasteiger partial charge in [0, 0.05) is 6.54 Å². The van der Waals surface area contributed by atoms with Crippen LogP contribution in [-0.4, -0.2) is 21.9 Å². The van der Waals surface area contributed by atoms with E-state index in [9.17, 15) is 5.26 Å². The Hall–Kier alpha value is -2.78. The highest BCUT2D eigenvalue weighted by molar-refractivity contribution is 7.80. The van der Waals surface area contributed by atoms with Crippen molar-refractivity contribution in [3.05, 3.63) is 65.5 Å². The molecule has 0 aliphatic heterocycles. The first-order valence-corrected chi connectivity index (χ1v) is 9.48. The summed E-state index contributed by atoms with van der Waals surface area (Å²) in [6, 6.07) is 17.6. The van der Waals surface area contributed by atoms with E-state index in [-0.39, 0.29) is 5.25 Å². The number of nitrogens with zero attached hydrogens (tertiary/aromatic N) is 4. The number of methoxy groups -OCH3 is 1. The molecule has 1 saturated carbocycles. The van der Waals surface area contributed by atoms with Gasteiger partial charge in [-0.15, -0.1) is 10.2 Å². The lowest BCUT2D eigenvalue weighted by Crippen LogP contribution is -2.11. The molecule has 1 aliphatic rings. The number of aromatic nitrogens is 3. The smallest absolute Gasteiger partial charge is 0.167 e. The van der Waals surface area contributed by atoms with Gasteiger partial charge >= 0.3 is 0 Å². The van der Waals surface area contributed by atoms with Crippen molar-refractivity contribution in [2.24, 2.45) is 5.92 Å². The van der Waals surface area contributed by atoms with Crippen LogP contribution in [0.4, 0.5) is 0 Å². The molecule has 6 heteroatoms. The molecule has 4 rings (SSSR count). The van der Waals surface area contributed by atoms with E-state index < -0.39 is 0 Å². The van der Waals surface area contributed by atoms with Crippen LogP contribution in [0.3, 0.4) is 0 Å². The zero-order chi connectivity index (χ0) is 18.8. The van der Waals surface area contributed by atoms with Gasteiger partial charge in [-0.2, -0.15) is 17.9 Å². The van der Waals surface area contributed by atoms with Crippen LogP contribution in [0.15, 0.2) is 48.5 Å². The SMILES string of the molecule is COc1ccccc1-c1nnc(C(S)c2ccccc2C#N)n1CC1CC1. The predicted octanol–water partition coefficient (Wildman–Crippen LogP) is 4.25. The fourth-order valence-corrected chi connectivity index (χ4v) is 3.68. The first-order valence-electron chi connectivity index (χ1n) is 8.96. The molecule has 0 amide bonds. The van der Waals surface area contributed by atoms with Crippen LogP contribution in [0.5, 0.6) is 5.75 Å². The van der Waals surface area contributed by atoms with Gasteiger partial charge in [0.2, 0.25) is 0 Å². The topological polar surface area (TPSA) is 63.7 Å². The van der Waals surface area contributed by atoms with Crippen LogP contribution in [0.1, 0.15) is 35.0 Å². The Balaban J connectivity index is 1.82. The summed E-state index contributed by atoms with van der Waals surface area (Å²) >= 11 is 4.81. The molecule has 136 valence electrons. The standard InChI is InChI=1S/C21H20N4OS/c1-26-18-9-5-4-8-17(18)20-23-24-21(25(20)13-14-10-11-14)19(27)16-7-3-2-6-15(16)12-22/h2-9,14,19,27H,10-11,13H2,1H3. The van der Waals surface area contributed by atoms with E-state index in [1.54, 1.807) is 13.2 Å². The summed E-state index contributed by atoms with van der Waals surface area (Å²) in [5.74, 6) is 2.94. The van der Waals surface area contributed by atoms with E-state index in [4.69, 9.17) is 17.4 Å². The second-order valence-corrected chi connectivity index (χ2v) is 7.25. The van der Waals surface area contributed by atoms with E-state index >= 15 is 0 Å². The van der Waals surface area contributed by atoms with Gasteiger partial charge in [0.1, 0.15) is 5.75 Å². The summed E-state index contributed by atoms with van der Waals surface area (Å²) in [5.41, 5.74) is 2.37. The molecule has 0 radical (unpaired) electrons. The Morgan fingerprint density at radius 2 is 1.93 bits per heavy atom. The third-order valence-corrected chi connectivity index (χ3v) is 5.39. The van der Waals surface area contributed by atoms with Crippen molar-refractivity contribution in [2.45, 2.75) is 24.6 Å². The molecule has 1 unspecified atom stereocenters. The zero-order valence-electron chi connectivity index (χ0n) is 15.0. The molecular weight excluding hydrogens is 356 g/mol. The van der Waals surface area contributed by atoms with Crippen LogP contribution >= 0.6 is 12.6 Å². The van der Waals surface area contributed by atoms with Gasteiger partial charge in [0.05, 0.1) is 29.6 Å². The molecule has 2 aromatic carbocycles. The molecule has 1 aliphatic carbocycles. The first kappa shape index (κ1) is 17.6. The molecule has 27 heavy (non-hydrogen) atoms. The number of benzene rings is 2. The number of ether oxygens (including phenoxy) is 1. The second kappa shape index (κ2) is 7.45. The first-order chi connectivity index (χ1) is 13.2. The molecule has 1 fully saturated rings. The third kappa shape index (κ3) is 3.43. The third-order valence-electron chi connectivity index (χ3n) is 4.89. The summed E-state index contributed by atoms with van der Waals surface area (Å²) in [4.78, 5) is 0. The molecule has 5 nitrogen and oxygen atoms in total. The molecule has 0 N–H and O–H groups in total. The van der Waals surface area contributed by atoms with Crippen molar-refractivity contribution in [1.29, 1.82) is 5.26 Å². The minimum Gasteiger partial charge on any atom is -0.496 e. The van der Waals surface area contributed by atoms with E-state index in [0.29, 0.717) is 11.5 Å². The maximum atomic E-state index is 9.45. The molecule has 3 aromatic rings. The minimum absolute atomic E-state index is 0.324. The Morgan fingerprint density at radius 3 is 2.67 bits per heavy atom. The number of hydrogen-bond donors (Lipinski definition) is 1. The number of nitriles is 1. The molecule has 1 aromatic heterocycles. The summed E-state index contributed by atoms with van der Waals surface area (Å²) in [7, 11) is 1.66. The van der Waals surface area contributed by atoms with Gasteiger partial charge in [-0.25, -0.2) is 0 Å². The summed E-state index contributed by atoms with van der Waals surface area (Å²) in [6.45, 7) is 0.849. The predicted molar refractivity (Wildman–Crippen MR) is 107 cm³/mol. The monoisotopic (exact) mass is 376 g/mol. The van der Waals surface area contributed by atoms with Crippen molar-refractivity contribution in [3.63, 3.8) is 0 Å². The van der Waals surface area contributed by atoms with Gasteiger partial charge in [0.15, 0.2) is 11.6 Å². The largest absolute Gasteiger partial charge is 0.496 e. The number of para-hydroxylation sites is 1. The summed E-state index contributed by atoms with van der Waals surface area (Å²) in [6.07, 6.45) is 2.43. The molecular formula is C21H20N4OS. The molecule has 0 saturated heterocycles. The highest BCUT2D eigenvalue weighted by Crippen LogP contribution is 2.38. The van der Waals surface area contributed by atoms with Gasteiger partial charge in [-0.3, -0.25) is 0 Å². The lowest BCUT2D eigenvalue weighted by atomic mass is 10.0. The van der Waals surface area contributed by atoms with Crippen molar-refractivity contribution in [3.8, 4) is 23.2 Å².